The maximum atomic E-state index is 11.9. The summed E-state index contributed by atoms with van der Waals surface area (Å²) in [6.45, 7) is 17.7. The van der Waals surface area contributed by atoms with Crippen LogP contribution < -0.4 is 5.63 Å². The molecule has 1 aromatic heterocycles. The first kappa shape index (κ1) is 20.7. The van der Waals surface area contributed by atoms with Crippen molar-refractivity contribution in [1.29, 1.82) is 0 Å². The highest BCUT2D eigenvalue weighted by atomic mass is 16.4. The SMILES string of the molecule is C=CC.CC(C)(C)c1cc(C(C)(C)C)c2oc(=O)c(C(=O)O)cc2c1. The predicted molar refractivity (Wildman–Crippen MR) is 103 cm³/mol. The summed E-state index contributed by atoms with van der Waals surface area (Å²) in [5.41, 5.74) is 0.996. The Kier molecular flexibility index (Phi) is 6.00. The van der Waals surface area contributed by atoms with E-state index in [1.54, 1.807) is 6.08 Å². The molecule has 0 radical (unpaired) electrons. The number of hydrogen-bond acceptors (Lipinski definition) is 3. The van der Waals surface area contributed by atoms with E-state index in [4.69, 9.17) is 9.52 Å². The van der Waals surface area contributed by atoms with Crippen molar-refractivity contribution in [3.8, 4) is 0 Å². The molecular weight excluding hydrogens is 316 g/mol. The maximum absolute atomic E-state index is 11.9. The van der Waals surface area contributed by atoms with Crippen molar-refractivity contribution in [2.24, 2.45) is 0 Å². The normalized spacial score (nSPS) is 11.6. The number of rotatable bonds is 1. The third kappa shape index (κ3) is 4.81. The fourth-order valence-corrected chi connectivity index (χ4v) is 2.37. The van der Waals surface area contributed by atoms with Gasteiger partial charge in [0.05, 0.1) is 0 Å². The molecule has 2 rings (SSSR count). The molecule has 0 aliphatic carbocycles. The third-order valence-electron chi connectivity index (χ3n) is 3.74. The van der Waals surface area contributed by atoms with Crippen molar-refractivity contribution < 1.29 is 14.3 Å². The van der Waals surface area contributed by atoms with Gasteiger partial charge in [-0.2, -0.15) is 0 Å². The molecule has 2 aromatic rings. The Hall–Kier alpha value is -2.36. The van der Waals surface area contributed by atoms with E-state index in [1.165, 1.54) is 6.07 Å². The fourth-order valence-electron chi connectivity index (χ4n) is 2.37. The van der Waals surface area contributed by atoms with Gasteiger partial charge in [0.2, 0.25) is 0 Å². The minimum Gasteiger partial charge on any atom is -0.477 e. The van der Waals surface area contributed by atoms with Crippen molar-refractivity contribution in [2.45, 2.75) is 59.3 Å². The number of carboxylic acid groups (broad SMARTS) is 1. The Bertz CT molecular complexity index is 843. The Morgan fingerprint density at radius 2 is 1.60 bits per heavy atom. The van der Waals surface area contributed by atoms with Crippen LogP contribution in [0.5, 0.6) is 0 Å². The molecule has 0 aliphatic rings. The summed E-state index contributed by atoms with van der Waals surface area (Å²) in [7, 11) is 0. The molecule has 25 heavy (non-hydrogen) atoms. The Balaban J connectivity index is 0.000000970. The van der Waals surface area contributed by atoms with Gasteiger partial charge in [0.15, 0.2) is 0 Å². The topological polar surface area (TPSA) is 67.5 Å². The van der Waals surface area contributed by atoms with Crippen LogP contribution in [0.3, 0.4) is 0 Å². The summed E-state index contributed by atoms with van der Waals surface area (Å²) in [5, 5.41) is 9.77. The zero-order valence-corrected chi connectivity index (χ0v) is 16.2. The Labute approximate surface area is 149 Å². The molecule has 0 bridgehead atoms. The molecule has 0 saturated carbocycles. The first-order chi connectivity index (χ1) is 11.3. The van der Waals surface area contributed by atoms with E-state index in [-0.39, 0.29) is 16.4 Å². The van der Waals surface area contributed by atoms with Gasteiger partial charge in [-0.15, -0.1) is 6.58 Å². The number of fused-ring (bicyclic) bond motifs is 1. The molecule has 0 atom stereocenters. The average Bonchev–Trinajstić information content (AvgIpc) is 2.43. The van der Waals surface area contributed by atoms with E-state index in [9.17, 15) is 9.59 Å². The van der Waals surface area contributed by atoms with Gasteiger partial charge in [0, 0.05) is 10.9 Å². The number of carboxylic acids is 1. The maximum Gasteiger partial charge on any atom is 0.351 e. The number of benzene rings is 1. The number of carbonyl (C=O) groups is 1. The molecule has 136 valence electrons. The summed E-state index contributed by atoms with van der Waals surface area (Å²) < 4.78 is 5.34. The van der Waals surface area contributed by atoms with E-state index < -0.39 is 11.6 Å². The molecule has 1 aromatic carbocycles. The van der Waals surface area contributed by atoms with E-state index in [0.29, 0.717) is 11.0 Å². The van der Waals surface area contributed by atoms with Crippen LogP contribution in [0.2, 0.25) is 0 Å². The second-order valence-electron chi connectivity index (χ2n) is 8.10. The van der Waals surface area contributed by atoms with Crippen LogP contribution in [0.25, 0.3) is 11.0 Å². The van der Waals surface area contributed by atoms with Crippen LogP contribution in [-0.2, 0) is 10.8 Å². The van der Waals surface area contributed by atoms with Crippen molar-refractivity contribution in [3.05, 3.63) is 58.0 Å². The minimum atomic E-state index is -1.27. The quantitative estimate of drug-likeness (QED) is 0.564. The van der Waals surface area contributed by atoms with Crippen LogP contribution in [0, 0.1) is 0 Å². The first-order valence-corrected chi connectivity index (χ1v) is 8.26. The van der Waals surface area contributed by atoms with Crippen LogP contribution in [0.15, 0.2) is 40.1 Å². The largest absolute Gasteiger partial charge is 0.477 e. The summed E-state index contributed by atoms with van der Waals surface area (Å²) in [6.07, 6.45) is 1.75. The molecule has 0 spiro atoms. The highest BCUT2D eigenvalue weighted by Gasteiger charge is 2.25. The van der Waals surface area contributed by atoms with Crippen molar-refractivity contribution >= 4 is 16.9 Å². The van der Waals surface area contributed by atoms with Gasteiger partial charge in [0.25, 0.3) is 0 Å². The molecule has 0 amide bonds. The molecule has 4 nitrogen and oxygen atoms in total. The smallest absolute Gasteiger partial charge is 0.351 e. The van der Waals surface area contributed by atoms with Gasteiger partial charge in [-0.25, -0.2) is 9.59 Å². The van der Waals surface area contributed by atoms with Gasteiger partial charge >= 0.3 is 11.6 Å². The Morgan fingerprint density at radius 3 is 2.00 bits per heavy atom. The molecule has 0 unspecified atom stereocenters. The van der Waals surface area contributed by atoms with Crippen molar-refractivity contribution in [3.63, 3.8) is 0 Å². The lowest BCUT2D eigenvalue weighted by Gasteiger charge is -2.26. The standard InChI is InChI=1S/C18H22O4.C3H6/c1-17(2,3)11-7-10-8-12(15(19)20)16(21)22-14(10)13(9-11)18(4,5)6;1-3-2/h7-9H,1-6H3,(H,19,20);3H,1H2,2H3. The molecular formula is C21H28O4. The molecule has 0 aliphatic heterocycles. The predicted octanol–water partition coefficient (Wildman–Crippen LogP) is 5.28. The summed E-state index contributed by atoms with van der Waals surface area (Å²) in [4.78, 5) is 23.1. The van der Waals surface area contributed by atoms with E-state index in [2.05, 4.69) is 27.4 Å². The molecule has 0 fully saturated rings. The second kappa shape index (κ2) is 7.26. The molecule has 1 heterocycles. The highest BCUT2D eigenvalue weighted by molar-refractivity contribution is 5.92. The lowest BCUT2D eigenvalue weighted by atomic mass is 9.79. The lowest BCUT2D eigenvalue weighted by molar-refractivity contribution is 0.0692. The highest BCUT2D eigenvalue weighted by Crippen LogP contribution is 2.34. The fraction of sp³-hybridized carbons (Fsp3) is 0.429. The zero-order valence-electron chi connectivity index (χ0n) is 16.2. The third-order valence-corrected chi connectivity index (χ3v) is 3.74. The van der Waals surface area contributed by atoms with Gasteiger partial charge < -0.3 is 9.52 Å². The lowest BCUT2D eigenvalue weighted by Crippen LogP contribution is -2.19. The first-order valence-electron chi connectivity index (χ1n) is 8.26. The van der Waals surface area contributed by atoms with Crippen LogP contribution in [0.1, 0.15) is 70.0 Å². The van der Waals surface area contributed by atoms with Gasteiger partial charge in [0.1, 0.15) is 11.1 Å². The van der Waals surface area contributed by atoms with Gasteiger partial charge in [-0.1, -0.05) is 53.7 Å². The number of hydrogen-bond donors (Lipinski definition) is 1. The van der Waals surface area contributed by atoms with Crippen LogP contribution >= 0.6 is 0 Å². The summed E-state index contributed by atoms with van der Waals surface area (Å²) in [5.74, 6) is -1.27. The molecule has 1 N–H and O–H groups in total. The van der Waals surface area contributed by atoms with Crippen molar-refractivity contribution in [1.82, 2.24) is 0 Å². The van der Waals surface area contributed by atoms with Crippen LogP contribution in [0.4, 0.5) is 0 Å². The minimum absolute atomic E-state index is 0.0896. The van der Waals surface area contributed by atoms with Gasteiger partial charge in [-0.05, 0) is 35.4 Å². The number of aromatic carboxylic acids is 1. The summed E-state index contributed by atoms with van der Waals surface area (Å²) >= 11 is 0. The zero-order chi connectivity index (χ0) is 19.6. The average molecular weight is 344 g/mol. The monoisotopic (exact) mass is 344 g/mol. The van der Waals surface area contributed by atoms with E-state index in [0.717, 1.165) is 11.1 Å². The summed E-state index contributed by atoms with van der Waals surface area (Å²) in [6, 6.07) is 5.36. The van der Waals surface area contributed by atoms with Crippen molar-refractivity contribution in [2.75, 3.05) is 0 Å². The molecule has 0 saturated heterocycles. The Morgan fingerprint density at radius 1 is 1.08 bits per heavy atom. The van der Waals surface area contributed by atoms with Crippen LogP contribution in [-0.4, -0.2) is 11.1 Å². The van der Waals surface area contributed by atoms with E-state index in [1.807, 2.05) is 39.8 Å². The van der Waals surface area contributed by atoms with E-state index >= 15 is 0 Å². The number of allylic oxidation sites excluding steroid dienone is 1. The second-order valence-corrected chi connectivity index (χ2v) is 8.10. The molecule has 4 heteroatoms. The van der Waals surface area contributed by atoms with Gasteiger partial charge in [-0.3, -0.25) is 0 Å².